The van der Waals surface area contributed by atoms with Crippen LogP contribution >= 0.6 is 0 Å². The van der Waals surface area contributed by atoms with E-state index in [2.05, 4.69) is 10.5 Å². The van der Waals surface area contributed by atoms with Gasteiger partial charge in [-0.25, -0.2) is 0 Å². The molecule has 0 atom stereocenters. The molecule has 6 nitrogen and oxygen atoms in total. The van der Waals surface area contributed by atoms with E-state index in [9.17, 15) is 4.79 Å². The Morgan fingerprint density at radius 3 is 2.90 bits per heavy atom. The average Bonchev–Trinajstić information content (AvgIpc) is 2.99. The van der Waals surface area contributed by atoms with E-state index in [4.69, 9.17) is 14.0 Å². The molecule has 0 spiro atoms. The van der Waals surface area contributed by atoms with Crippen LogP contribution in [0.1, 0.15) is 22.5 Å². The predicted octanol–water partition coefficient (Wildman–Crippen LogP) is 2.02. The molecule has 112 valence electrons. The van der Waals surface area contributed by atoms with Gasteiger partial charge in [0.05, 0.1) is 6.07 Å². The first-order chi connectivity index (χ1) is 10.3. The minimum absolute atomic E-state index is 0.135. The second-order valence-electron chi connectivity index (χ2n) is 4.41. The van der Waals surface area contributed by atoms with Crippen molar-refractivity contribution in [2.75, 3.05) is 20.3 Å². The fraction of sp³-hybridized carbons (Fsp3) is 0.333. The molecular formula is C15H18N2O4. The highest BCUT2D eigenvalue weighted by Crippen LogP contribution is 2.13. The van der Waals surface area contributed by atoms with Gasteiger partial charge in [-0.2, -0.15) is 0 Å². The first-order valence-corrected chi connectivity index (χ1v) is 6.70. The third-order valence-electron chi connectivity index (χ3n) is 2.75. The number of methoxy groups -OCH3 is 1. The Balaban J connectivity index is 1.79. The maximum absolute atomic E-state index is 11.8. The van der Waals surface area contributed by atoms with Crippen molar-refractivity contribution in [2.24, 2.45) is 0 Å². The number of nitrogens with zero attached hydrogens (tertiary/aromatic N) is 1. The van der Waals surface area contributed by atoms with Gasteiger partial charge >= 0.3 is 0 Å². The summed E-state index contributed by atoms with van der Waals surface area (Å²) in [4.78, 5) is 11.8. The lowest BCUT2D eigenvalue weighted by Crippen LogP contribution is -2.24. The Hall–Kier alpha value is -2.34. The Kier molecular flexibility index (Phi) is 5.78. The van der Waals surface area contributed by atoms with Gasteiger partial charge < -0.3 is 19.3 Å². The molecule has 1 heterocycles. The van der Waals surface area contributed by atoms with E-state index in [0.29, 0.717) is 25.6 Å². The molecule has 1 amide bonds. The molecule has 6 heteroatoms. The highest BCUT2D eigenvalue weighted by Gasteiger charge is 2.13. The second-order valence-corrected chi connectivity index (χ2v) is 4.41. The van der Waals surface area contributed by atoms with Crippen molar-refractivity contribution in [2.45, 2.75) is 13.0 Å². The number of hydrogen-bond acceptors (Lipinski definition) is 5. The normalized spacial score (nSPS) is 10.3. The van der Waals surface area contributed by atoms with Crippen molar-refractivity contribution >= 4 is 5.91 Å². The van der Waals surface area contributed by atoms with E-state index in [0.717, 1.165) is 12.0 Å². The molecule has 1 N–H and O–H groups in total. The summed E-state index contributed by atoms with van der Waals surface area (Å²) in [5.41, 5.74) is 1.02. The highest BCUT2D eigenvalue weighted by molar-refractivity contribution is 5.91. The summed E-state index contributed by atoms with van der Waals surface area (Å²) in [6.45, 7) is 1.50. The molecule has 0 saturated carbocycles. The lowest BCUT2D eigenvalue weighted by atomic mass is 10.2. The van der Waals surface area contributed by atoms with E-state index in [1.807, 2.05) is 30.3 Å². The van der Waals surface area contributed by atoms with Crippen LogP contribution in [0.4, 0.5) is 0 Å². The maximum atomic E-state index is 11.8. The fourth-order valence-electron chi connectivity index (χ4n) is 1.67. The number of rotatable bonds is 8. The van der Waals surface area contributed by atoms with Gasteiger partial charge in [0.15, 0.2) is 0 Å². The first kappa shape index (κ1) is 15.1. The van der Waals surface area contributed by atoms with Gasteiger partial charge in [0, 0.05) is 20.3 Å². The van der Waals surface area contributed by atoms with Gasteiger partial charge in [-0.1, -0.05) is 30.3 Å². The third kappa shape index (κ3) is 4.92. The van der Waals surface area contributed by atoms with Crippen molar-refractivity contribution in [1.82, 2.24) is 10.5 Å². The number of hydrogen-bond donors (Lipinski definition) is 1. The number of nitrogens with one attached hydrogen (secondary N) is 1. The molecule has 0 unspecified atom stereocenters. The number of carbonyl (C=O) groups excluding carboxylic acids is 1. The van der Waals surface area contributed by atoms with Crippen LogP contribution in [0.3, 0.4) is 0 Å². The topological polar surface area (TPSA) is 73.6 Å². The molecule has 0 fully saturated rings. The molecule has 0 aliphatic rings. The fourth-order valence-corrected chi connectivity index (χ4v) is 1.67. The molecule has 2 aromatic rings. The summed E-state index contributed by atoms with van der Waals surface area (Å²) in [6.07, 6.45) is 0.744. The Bertz CT molecular complexity index is 554. The second kappa shape index (κ2) is 8.06. The van der Waals surface area contributed by atoms with Gasteiger partial charge in [0.25, 0.3) is 11.8 Å². The van der Waals surface area contributed by atoms with Crippen LogP contribution in [0, 0.1) is 0 Å². The summed E-state index contributed by atoms with van der Waals surface area (Å²) in [7, 11) is 1.62. The van der Waals surface area contributed by atoms with E-state index >= 15 is 0 Å². The lowest BCUT2D eigenvalue weighted by Gasteiger charge is -2.01. The SMILES string of the molecule is COCCCNC(=O)c1cc(OCc2ccccc2)no1. The molecule has 1 aromatic carbocycles. The van der Waals surface area contributed by atoms with E-state index in [-0.39, 0.29) is 11.7 Å². The van der Waals surface area contributed by atoms with Crippen LogP contribution in [0.15, 0.2) is 40.9 Å². The van der Waals surface area contributed by atoms with Gasteiger partial charge in [-0.3, -0.25) is 4.79 Å². The highest BCUT2D eigenvalue weighted by atomic mass is 16.5. The summed E-state index contributed by atoms with van der Waals surface area (Å²) in [5.74, 6) is 0.115. The van der Waals surface area contributed by atoms with Crippen LogP contribution in [0.5, 0.6) is 5.88 Å². The van der Waals surface area contributed by atoms with E-state index in [1.165, 1.54) is 6.07 Å². The quantitative estimate of drug-likeness (QED) is 0.753. The molecular weight excluding hydrogens is 272 g/mol. The number of ether oxygens (including phenoxy) is 2. The first-order valence-electron chi connectivity index (χ1n) is 6.70. The Morgan fingerprint density at radius 1 is 1.33 bits per heavy atom. The smallest absolute Gasteiger partial charge is 0.290 e. The molecule has 0 aliphatic carbocycles. The largest absolute Gasteiger partial charge is 0.471 e. The van der Waals surface area contributed by atoms with Crippen LogP contribution < -0.4 is 10.1 Å². The monoisotopic (exact) mass is 290 g/mol. The lowest BCUT2D eigenvalue weighted by molar-refractivity contribution is 0.0911. The minimum atomic E-state index is -0.312. The number of aromatic nitrogens is 1. The maximum Gasteiger partial charge on any atom is 0.290 e. The molecule has 2 rings (SSSR count). The van der Waals surface area contributed by atoms with Crippen LogP contribution in [0.2, 0.25) is 0 Å². The summed E-state index contributed by atoms with van der Waals surface area (Å²) in [6, 6.07) is 11.2. The molecule has 1 aromatic heterocycles. The van der Waals surface area contributed by atoms with Crippen molar-refractivity contribution in [3.8, 4) is 5.88 Å². The summed E-state index contributed by atoms with van der Waals surface area (Å²) in [5, 5.41) is 6.43. The number of carbonyl (C=O) groups is 1. The predicted molar refractivity (Wildman–Crippen MR) is 76.1 cm³/mol. The Labute approximate surface area is 123 Å². The molecule has 0 radical (unpaired) electrons. The molecule has 0 bridgehead atoms. The van der Waals surface area contributed by atoms with Crippen molar-refractivity contribution in [3.63, 3.8) is 0 Å². The van der Waals surface area contributed by atoms with Crippen LogP contribution in [-0.4, -0.2) is 31.3 Å². The Morgan fingerprint density at radius 2 is 2.14 bits per heavy atom. The van der Waals surface area contributed by atoms with Gasteiger partial charge in [0.1, 0.15) is 6.61 Å². The molecule has 0 saturated heterocycles. The third-order valence-corrected chi connectivity index (χ3v) is 2.75. The standard InChI is InChI=1S/C15H18N2O4/c1-19-9-5-8-16-15(18)13-10-14(17-21-13)20-11-12-6-3-2-4-7-12/h2-4,6-7,10H,5,8-9,11H2,1H3,(H,16,18). The van der Waals surface area contributed by atoms with Crippen molar-refractivity contribution < 1.29 is 18.8 Å². The zero-order valence-corrected chi connectivity index (χ0v) is 11.9. The average molecular weight is 290 g/mol. The van der Waals surface area contributed by atoms with Crippen LogP contribution in [-0.2, 0) is 11.3 Å². The number of benzene rings is 1. The molecule has 21 heavy (non-hydrogen) atoms. The van der Waals surface area contributed by atoms with Gasteiger partial charge in [-0.15, -0.1) is 0 Å². The zero-order valence-electron chi connectivity index (χ0n) is 11.9. The van der Waals surface area contributed by atoms with Gasteiger partial charge in [0.2, 0.25) is 5.76 Å². The summed E-state index contributed by atoms with van der Waals surface area (Å²) < 4.78 is 15.3. The van der Waals surface area contributed by atoms with E-state index in [1.54, 1.807) is 7.11 Å². The van der Waals surface area contributed by atoms with Crippen LogP contribution in [0.25, 0.3) is 0 Å². The number of amides is 1. The van der Waals surface area contributed by atoms with E-state index < -0.39 is 0 Å². The summed E-state index contributed by atoms with van der Waals surface area (Å²) >= 11 is 0. The zero-order chi connectivity index (χ0) is 14.9. The van der Waals surface area contributed by atoms with Gasteiger partial charge in [-0.05, 0) is 17.1 Å². The van der Waals surface area contributed by atoms with Crippen molar-refractivity contribution in [1.29, 1.82) is 0 Å². The molecule has 0 aliphatic heterocycles. The minimum Gasteiger partial charge on any atom is -0.471 e. The van der Waals surface area contributed by atoms with Crippen molar-refractivity contribution in [3.05, 3.63) is 47.7 Å².